The Balaban J connectivity index is 2.80. The van der Waals surface area contributed by atoms with Crippen molar-refractivity contribution in [1.29, 1.82) is 0 Å². The lowest BCUT2D eigenvalue weighted by Gasteiger charge is -2.36. The minimum Gasteiger partial charge on any atom is -0.334 e. The summed E-state index contributed by atoms with van der Waals surface area (Å²) >= 11 is 0. The predicted molar refractivity (Wildman–Crippen MR) is 75.7 cm³/mol. The summed E-state index contributed by atoms with van der Waals surface area (Å²) in [7, 11) is 0. The summed E-state index contributed by atoms with van der Waals surface area (Å²) in [6.07, 6.45) is -2.05. The third-order valence-corrected chi connectivity index (χ3v) is 3.66. The summed E-state index contributed by atoms with van der Waals surface area (Å²) < 4.78 is 65.9. The summed E-state index contributed by atoms with van der Waals surface area (Å²) in [6, 6.07) is 0. The van der Waals surface area contributed by atoms with Gasteiger partial charge in [0, 0.05) is 13.1 Å². The topological polar surface area (TPSA) is 18.8 Å². The van der Waals surface area contributed by atoms with Crippen molar-refractivity contribution in [2.45, 2.75) is 70.6 Å². The number of hydrogen-bond acceptors (Lipinski definition) is 3. The van der Waals surface area contributed by atoms with E-state index in [9.17, 15) is 22.0 Å². The number of alkyl halides is 5. The van der Waals surface area contributed by atoms with E-state index in [1.807, 2.05) is 13.8 Å². The van der Waals surface area contributed by atoms with Gasteiger partial charge in [-0.05, 0) is 12.8 Å². The van der Waals surface area contributed by atoms with Gasteiger partial charge in [0.05, 0.1) is 0 Å². The molecule has 0 aromatic rings. The lowest BCUT2D eigenvalue weighted by Crippen LogP contribution is -2.59. The van der Waals surface area contributed by atoms with Crippen molar-refractivity contribution in [1.82, 2.24) is 9.91 Å². The number of nitrogens with zero attached hydrogens (tertiary/aromatic N) is 3. The molecule has 1 rings (SSSR count). The van der Waals surface area contributed by atoms with Crippen LogP contribution in [0.2, 0.25) is 0 Å². The Morgan fingerprint density at radius 3 is 2.09 bits per heavy atom. The van der Waals surface area contributed by atoms with Crippen molar-refractivity contribution in [3.8, 4) is 0 Å². The van der Waals surface area contributed by atoms with E-state index >= 15 is 0 Å². The van der Waals surface area contributed by atoms with Crippen LogP contribution in [0.3, 0.4) is 0 Å². The van der Waals surface area contributed by atoms with Gasteiger partial charge in [0.25, 0.3) is 0 Å². The molecule has 8 heteroatoms. The number of halogens is 5. The van der Waals surface area contributed by atoms with Gasteiger partial charge < -0.3 is 4.90 Å². The highest BCUT2D eigenvalue weighted by Crippen LogP contribution is 2.42. The zero-order valence-electron chi connectivity index (χ0n) is 13.0. The SMILES string of the molecule is CCCCCCN1N=CN(CCCC)C1C(F)(F)C(F)(F)F. The molecule has 1 atom stereocenters. The molecule has 0 bridgehead atoms. The molecule has 22 heavy (non-hydrogen) atoms. The molecular formula is C14H24F5N3. The summed E-state index contributed by atoms with van der Waals surface area (Å²) in [5.74, 6) is -4.82. The van der Waals surface area contributed by atoms with Gasteiger partial charge in [-0.1, -0.05) is 39.5 Å². The largest absolute Gasteiger partial charge is 0.457 e. The van der Waals surface area contributed by atoms with Crippen LogP contribution in [0.15, 0.2) is 5.10 Å². The molecule has 0 fully saturated rings. The fraction of sp³-hybridized carbons (Fsp3) is 0.929. The molecule has 0 aliphatic carbocycles. The molecule has 0 aromatic heterocycles. The monoisotopic (exact) mass is 329 g/mol. The Labute approximate surface area is 128 Å². The standard InChI is InChI=1S/C14H24F5N3/c1-3-5-7-8-10-22-12(13(15,16)14(17,18)19)21(11-20-22)9-6-4-2/h11-12H,3-10H2,1-2H3. The lowest BCUT2D eigenvalue weighted by molar-refractivity contribution is -0.314. The van der Waals surface area contributed by atoms with E-state index in [1.54, 1.807) is 0 Å². The van der Waals surface area contributed by atoms with Crippen LogP contribution in [-0.2, 0) is 0 Å². The molecule has 1 aliphatic heterocycles. The Morgan fingerprint density at radius 1 is 0.909 bits per heavy atom. The molecule has 0 saturated heterocycles. The van der Waals surface area contributed by atoms with Crippen LogP contribution in [0.4, 0.5) is 22.0 Å². The van der Waals surface area contributed by atoms with Gasteiger partial charge in [-0.2, -0.15) is 27.1 Å². The van der Waals surface area contributed by atoms with Crippen LogP contribution in [0.1, 0.15) is 52.4 Å². The average Bonchev–Trinajstić information content (AvgIpc) is 2.83. The quantitative estimate of drug-likeness (QED) is 0.460. The molecule has 130 valence electrons. The Hall–Kier alpha value is -1.08. The zero-order valence-corrected chi connectivity index (χ0v) is 13.0. The molecule has 0 radical (unpaired) electrons. The minimum absolute atomic E-state index is 0.107. The van der Waals surface area contributed by atoms with Crippen LogP contribution in [-0.4, -0.2) is 47.6 Å². The summed E-state index contributed by atoms with van der Waals surface area (Å²) in [4.78, 5) is 1.01. The Kier molecular flexibility index (Phi) is 6.87. The Morgan fingerprint density at radius 2 is 1.55 bits per heavy atom. The molecule has 3 nitrogen and oxygen atoms in total. The number of hydrogen-bond donors (Lipinski definition) is 0. The summed E-state index contributed by atoms with van der Waals surface area (Å²) in [5.41, 5.74) is 0. The Bertz CT molecular complexity index is 357. The van der Waals surface area contributed by atoms with Crippen molar-refractivity contribution in [3.63, 3.8) is 0 Å². The molecule has 0 spiro atoms. The fourth-order valence-corrected chi connectivity index (χ4v) is 2.37. The first-order valence-corrected chi connectivity index (χ1v) is 7.76. The highest BCUT2D eigenvalue weighted by molar-refractivity contribution is 5.57. The van der Waals surface area contributed by atoms with Gasteiger partial charge in [-0.3, -0.25) is 5.01 Å². The second-order valence-corrected chi connectivity index (χ2v) is 5.54. The van der Waals surface area contributed by atoms with E-state index in [-0.39, 0.29) is 13.1 Å². The van der Waals surface area contributed by atoms with Crippen molar-refractivity contribution < 1.29 is 22.0 Å². The van der Waals surface area contributed by atoms with Crippen molar-refractivity contribution in [3.05, 3.63) is 0 Å². The van der Waals surface area contributed by atoms with E-state index in [0.29, 0.717) is 19.3 Å². The molecule has 0 saturated carbocycles. The molecular weight excluding hydrogens is 305 g/mol. The minimum atomic E-state index is -5.59. The second-order valence-electron chi connectivity index (χ2n) is 5.54. The molecule has 1 unspecified atom stereocenters. The molecule has 0 amide bonds. The van der Waals surface area contributed by atoms with Gasteiger partial charge in [-0.25, -0.2) is 0 Å². The van der Waals surface area contributed by atoms with Crippen LogP contribution in [0, 0.1) is 0 Å². The van der Waals surface area contributed by atoms with Gasteiger partial charge in [0.15, 0.2) is 6.17 Å². The summed E-state index contributed by atoms with van der Waals surface area (Å²) in [6.45, 7) is 4.10. The van der Waals surface area contributed by atoms with Crippen LogP contribution in [0.5, 0.6) is 0 Å². The highest BCUT2D eigenvalue weighted by atomic mass is 19.4. The first-order valence-electron chi connectivity index (χ1n) is 7.76. The van der Waals surface area contributed by atoms with E-state index in [1.165, 1.54) is 0 Å². The fourth-order valence-electron chi connectivity index (χ4n) is 2.37. The normalized spacial score (nSPS) is 19.3. The molecule has 1 heterocycles. The second kappa shape index (κ2) is 7.97. The van der Waals surface area contributed by atoms with E-state index in [4.69, 9.17) is 0 Å². The van der Waals surface area contributed by atoms with Gasteiger partial charge in [-0.15, -0.1) is 0 Å². The number of hydrazone groups is 1. The molecule has 0 N–H and O–H groups in total. The highest BCUT2D eigenvalue weighted by Gasteiger charge is 2.66. The lowest BCUT2D eigenvalue weighted by atomic mass is 10.1. The third kappa shape index (κ3) is 4.46. The van der Waals surface area contributed by atoms with E-state index in [2.05, 4.69) is 5.10 Å². The third-order valence-electron chi connectivity index (χ3n) is 3.66. The van der Waals surface area contributed by atoms with E-state index in [0.717, 1.165) is 35.5 Å². The van der Waals surface area contributed by atoms with Gasteiger partial charge >= 0.3 is 12.1 Å². The van der Waals surface area contributed by atoms with Gasteiger partial charge in [0.1, 0.15) is 6.34 Å². The zero-order chi connectivity index (χ0) is 16.8. The van der Waals surface area contributed by atoms with Crippen LogP contribution >= 0.6 is 0 Å². The maximum absolute atomic E-state index is 13.9. The maximum Gasteiger partial charge on any atom is 0.457 e. The van der Waals surface area contributed by atoms with Crippen LogP contribution < -0.4 is 0 Å². The van der Waals surface area contributed by atoms with Gasteiger partial charge in [0.2, 0.25) is 0 Å². The van der Waals surface area contributed by atoms with Crippen molar-refractivity contribution in [2.24, 2.45) is 5.10 Å². The van der Waals surface area contributed by atoms with Crippen molar-refractivity contribution in [2.75, 3.05) is 13.1 Å². The number of unbranched alkanes of at least 4 members (excludes halogenated alkanes) is 4. The average molecular weight is 329 g/mol. The van der Waals surface area contributed by atoms with Crippen LogP contribution in [0.25, 0.3) is 0 Å². The predicted octanol–water partition coefficient (Wildman–Crippen LogP) is 4.45. The molecule has 1 aliphatic rings. The molecule has 0 aromatic carbocycles. The summed E-state index contributed by atoms with van der Waals surface area (Å²) in [5, 5.41) is 4.67. The van der Waals surface area contributed by atoms with E-state index < -0.39 is 18.3 Å². The maximum atomic E-state index is 13.9. The first-order chi connectivity index (χ1) is 10.3. The number of rotatable bonds is 9. The smallest absolute Gasteiger partial charge is 0.334 e. The first kappa shape index (κ1) is 19.0. The van der Waals surface area contributed by atoms with Crippen molar-refractivity contribution >= 4 is 6.34 Å².